The van der Waals surface area contributed by atoms with Gasteiger partial charge in [0.05, 0.1) is 10.5 Å². The van der Waals surface area contributed by atoms with E-state index in [1.807, 2.05) is 0 Å². The highest BCUT2D eigenvalue weighted by Crippen LogP contribution is 2.35. The Hall–Kier alpha value is -3.95. The Morgan fingerprint density at radius 2 is 1.70 bits per heavy atom. The molecular formula is C30H30F4N2O4. The predicted molar refractivity (Wildman–Crippen MR) is 146 cm³/mol. The highest BCUT2D eigenvalue weighted by molar-refractivity contribution is 6.15. The second-order valence-electron chi connectivity index (χ2n) is 9.89. The zero-order valence-electron chi connectivity index (χ0n) is 22.2. The Balaban J connectivity index is 1.78. The van der Waals surface area contributed by atoms with E-state index in [2.05, 4.69) is 18.4 Å². The summed E-state index contributed by atoms with van der Waals surface area (Å²) < 4.78 is 59.3. The molecule has 10 heteroatoms. The summed E-state index contributed by atoms with van der Waals surface area (Å²) in [5.74, 6) is -4.78. The van der Waals surface area contributed by atoms with Gasteiger partial charge in [-0.05, 0) is 48.7 Å². The highest BCUT2D eigenvalue weighted by atomic mass is 19.3. The number of fused-ring (bicyclic) bond motifs is 3. The standard InChI is InChI=1S/C30H30F4N2O4/c1-3-5-8-19(4-2)17-35-25-13-11-20(15-23(25)24-16-21(36(38)39)12-14-26(24)35)28(37)22-9-6-7-10-27(22)40-18-30(33,34)29(31)32/h6-7,9-16,19,29H,3-5,8,17-18H2,1-2H3. The first-order chi connectivity index (χ1) is 19.1. The molecule has 0 spiro atoms. The van der Waals surface area contributed by atoms with Gasteiger partial charge < -0.3 is 9.30 Å². The molecule has 40 heavy (non-hydrogen) atoms. The molecule has 0 aliphatic carbocycles. The van der Waals surface area contributed by atoms with E-state index in [4.69, 9.17) is 4.74 Å². The van der Waals surface area contributed by atoms with Gasteiger partial charge in [-0.3, -0.25) is 14.9 Å². The number of nitro groups is 1. The first-order valence-corrected chi connectivity index (χ1v) is 13.2. The van der Waals surface area contributed by atoms with E-state index in [1.165, 1.54) is 36.4 Å². The largest absolute Gasteiger partial charge is 0.486 e. The number of non-ortho nitro benzene ring substituents is 1. The summed E-state index contributed by atoms with van der Waals surface area (Å²) >= 11 is 0. The molecule has 0 saturated heterocycles. The van der Waals surface area contributed by atoms with Crippen molar-refractivity contribution in [3.8, 4) is 5.75 Å². The molecular weight excluding hydrogens is 528 g/mol. The van der Waals surface area contributed by atoms with Crippen LogP contribution in [-0.2, 0) is 6.54 Å². The van der Waals surface area contributed by atoms with Gasteiger partial charge in [0.2, 0.25) is 0 Å². The molecule has 0 radical (unpaired) electrons. The van der Waals surface area contributed by atoms with Crippen LogP contribution in [0.5, 0.6) is 5.75 Å². The van der Waals surface area contributed by atoms with E-state index >= 15 is 0 Å². The van der Waals surface area contributed by atoms with Crippen LogP contribution in [0, 0.1) is 16.0 Å². The molecule has 0 amide bonds. The minimum Gasteiger partial charge on any atom is -0.486 e. The second kappa shape index (κ2) is 12.1. The van der Waals surface area contributed by atoms with Crippen molar-refractivity contribution >= 4 is 33.3 Å². The lowest BCUT2D eigenvalue weighted by atomic mass is 9.99. The van der Waals surface area contributed by atoms with Crippen LogP contribution in [0.25, 0.3) is 21.8 Å². The topological polar surface area (TPSA) is 74.4 Å². The predicted octanol–water partition coefficient (Wildman–Crippen LogP) is 8.43. The Morgan fingerprint density at radius 3 is 2.35 bits per heavy atom. The second-order valence-corrected chi connectivity index (χ2v) is 9.89. The van der Waals surface area contributed by atoms with Crippen LogP contribution in [0.2, 0.25) is 0 Å². The number of ether oxygens (including phenoxy) is 1. The van der Waals surface area contributed by atoms with Gasteiger partial charge in [0.25, 0.3) is 5.69 Å². The average Bonchev–Trinajstić information content (AvgIpc) is 3.25. The number of unbranched alkanes of at least 4 members (excludes halogenated alkanes) is 1. The summed E-state index contributed by atoms with van der Waals surface area (Å²) in [6, 6.07) is 15.3. The summed E-state index contributed by atoms with van der Waals surface area (Å²) in [6.07, 6.45) is 0.260. The number of aromatic nitrogens is 1. The molecule has 3 aromatic carbocycles. The summed E-state index contributed by atoms with van der Waals surface area (Å²) in [5, 5.41) is 12.8. The smallest absolute Gasteiger partial charge is 0.340 e. The minimum atomic E-state index is -4.38. The molecule has 0 aliphatic rings. The molecule has 0 fully saturated rings. The number of hydrogen-bond donors (Lipinski definition) is 0. The number of nitrogens with zero attached hydrogens (tertiary/aromatic N) is 2. The van der Waals surface area contributed by atoms with Gasteiger partial charge in [0, 0.05) is 46.0 Å². The van der Waals surface area contributed by atoms with Gasteiger partial charge in [-0.15, -0.1) is 0 Å². The Morgan fingerprint density at radius 1 is 1.02 bits per heavy atom. The normalized spacial score (nSPS) is 12.8. The van der Waals surface area contributed by atoms with Crippen LogP contribution in [0.4, 0.5) is 23.2 Å². The van der Waals surface area contributed by atoms with Crippen molar-refractivity contribution < 1.29 is 32.0 Å². The molecule has 1 unspecified atom stereocenters. The molecule has 0 N–H and O–H groups in total. The number of rotatable bonds is 13. The zero-order chi connectivity index (χ0) is 29.0. The van der Waals surface area contributed by atoms with E-state index in [1.54, 1.807) is 24.3 Å². The first kappa shape index (κ1) is 29.0. The number of carbonyl (C=O) groups excluding carboxylic acids is 1. The summed E-state index contributed by atoms with van der Waals surface area (Å²) in [6.45, 7) is 3.39. The number of benzene rings is 3. The molecule has 0 bridgehead atoms. The molecule has 4 aromatic rings. The van der Waals surface area contributed by atoms with Crippen LogP contribution in [-0.4, -0.2) is 34.2 Å². The molecule has 1 atom stereocenters. The number of alkyl halides is 4. The lowest BCUT2D eigenvalue weighted by molar-refractivity contribution is -0.384. The van der Waals surface area contributed by atoms with Crippen molar-refractivity contribution in [2.45, 2.75) is 58.4 Å². The van der Waals surface area contributed by atoms with Crippen molar-refractivity contribution in [1.82, 2.24) is 4.57 Å². The number of para-hydroxylation sites is 1. The van der Waals surface area contributed by atoms with E-state index in [0.717, 1.165) is 36.7 Å². The van der Waals surface area contributed by atoms with Crippen molar-refractivity contribution in [3.05, 3.63) is 81.9 Å². The zero-order valence-corrected chi connectivity index (χ0v) is 22.2. The molecule has 4 rings (SSSR count). The molecule has 1 aromatic heterocycles. The summed E-state index contributed by atoms with van der Waals surface area (Å²) in [4.78, 5) is 24.6. The third-order valence-electron chi connectivity index (χ3n) is 7.18. The third kappa shape index (κ3) is 5.95. The number of halogens is 4. The molecule has 6 nitrogen and oxygen atoms in total. The fraction of sp³-hybridized carbons (Fsp3) is 0.367. The first-order valence-electron chi connectivity index (χ1n) is 13.2. The van der Waals surface area contributed by atoms with Gasteiger partial charge in [-0.2, -0.15) is 8.78 Å². The van der Waals surface area contributed by atoms with E-state index < -0.39 is 29.7 Å². The number of ketones is 1. The van der Waals surface area contributed by atoms with Gasteiger partial charge in [0.15, 0.2) is 12.4 Å². The lowest BCUT2D eigenvalue weighted by Gasteiger charge is -2.18. The van der Waals surface area contributed by atoms with Crippen LogP contribution < -0.4 is 4.74 Å². The summed E-state index contributed by atoms with van der Waals surface area (Å²) in [5.41, 5.74) is 1.67. The van der Waals surface area contributed by atoms with Crippen LogP contribution in [0.3, 0.4) is 0 Å². The fourth-order valence-corrected chi connectivity index (χ4v) is 4.89. The maximum absolute atomic E-state index is 13.5. The Labute approximate surface area is 228 Å². The Bertz CT molecular complexity index is 1530. The Kier molecular flexibility index (Phi) is 8.76. The van der Waals surface area contributed by atoms with Crippen molar-refractivity contribution in [2.24, 2.45) is 5.92 Å². The van der Waals surface area contributed by atoms with E-state index in [9.17, 15) is 32.5 Å². The number of hydrogen-bond acceptors (Lipinski definition) is 4. The molecule has 212 valence electrons. The number of nitro benzene ring substituents is 1. The maximum atomic E-state index is 13.5. The van der Waals surface area contributed by atoms with Gasteiger partial charge in [-0.1, -0.05) is 45.2 Å². The van der Waals surface area contributed by atoms with Gasteiger partial charge in [0.1, 0.15) is 5.75 Å². The quantitative estimate of drug-likeness (QED) is 0.0714. The van der Waals surface area contributed by atoms with Gasteiger partial charge >= 0.3 is 12.3 Å². The van der Waals surface area contributed by atoms with Crippen molar-refractivity contribution in [3.63, 3.8) is 0 Å². The monoisotopic (exact) mass is 558 g/mol. The lowest BCUT2D eigenvalue weighted by Crippen LogP contribution is -2.34. The third-order valence-corrected chi connectivity index (χ3v) is 7.18. The van der Waals surface area contributed by atoms with Crippen LogP contribution in [0.15, 0.2) is 60.7 Å². The minimum absolute atomic E-state index is 0.0627. The van der Waals surface area contributed by atoms with E-state index in [-0.39, 0.29) is 22.6 Å². The SMILES string of the molecule is CCCCC(CC)Cn1c2ccc(C(=O)c3ccccc3OCC(F)(F)C(F)F)cc2c2cc([N+](=O)[O-])ccc21. The van der Waals surface area contributed by atoms with Crippen LogP contribution in [0.1, 0.15) is 55.5 Å². The molecule has 0 saturated carbocycles. The fourth-order valence-electron chi connectivity index (χ4n) is 4.89. The summed E-state index contributed by atoms with van der Waals surface area (Å²) in [7, 11) is 0. The number of carbonyl (C=O) groups is 1. The average molecular weight is 559 g/mol. The highest BCUT2D eigenvalue weighted by Gasteiger charge is 2.42. The molecule has 1 heterocycles. The molecule has 0 aliphatic heterocycles. The van der Waals surface area contributed by atoms with Crippen LogP contribution >= 0.6 is 0 Å². The van der Waals surface area contributed by atoms with Crippen molar-refractivity contribution in [2.75, 3.05) is 6.61 Å². The maximum Gasteiger partial charge on any atom is 0.340 e. The van der Waals surface area contributed by atoms with Crippen molar-refractivity contribution in [1.29, 1.82) is 0 Å². The van der Waals surface area contributed by atoms with Gasteiger partial charge in [-0.25, -0.2) is 8.78 Å². The van der Waals surface area contributed by atoms with E-state index in [0.29, 0.717) is 23.2 Å².